The van der Waals surface area contributed by atoms with Crippen molar-refractivity contribution in [2.24, 2.45) is 0 Å². The van der Waals surface area contributed by atoms with Crippen molar-refractivity contribution in [2.45, 2.75) is 32.0 Å². The Bertz CT molecular complexity index is 129. The fourth-order valence-corrected chi connectivity index (χ4v) is 1.05. The summed E-state index contributed by atoms with van der Waals surface area (Å²) < 4.78 is 0. The smallest absolute Gasteiger partial charge is 0.0749 e. The molecule has 0 saturated heterocycles. The van der Waals surface area contributed by atoms with Gasteiger partial charge in [-0.1, -0.05) is 6.08 Å². The highest BCUT2D eigenvalue weighted by molar-refractivity contribution is 5.10. The maximum atomic E-state index is 9.12. The van der Waals surface area contributed by atoms with E-state index >= 15 is 0 Å². The number of hydrogen-bond acceptors (Lipinski definition) is 2. The number of hydrogen-bond donors (Lipinski definition) is 2. The Morgan fingerprint density at radius 2 is 2.11 bits per heavy atom. The standard InChI is InChI=1S/C7H12O2/c1-5-4-6(8)2-3-7(5)9/h4,6-9H,2-3H2,1H3. The van der Waals surface area contributed by atoms with Crippen molar-refractivity contribution in [2.75, 3.05) is 0 Å². The van der Waals surface area contributed by atoms with E-state index in [1.807, 2.05) is 6.92 Å². The summed E-state index contributed by atoms with van der Waals surface area (Å²) >= 11 is 0. The van der Waals surface area contributed by atoms with Gasteiger partial charge in [-0.2, -0.15) is 0 Å². The zero-order chi connectivity index (χ0) is 6.85. The number of aliphatic hydroxyl groups excluding tert-OH is 2. The van der Waals surface area contributed by atoms with Crippen LogP contribution in [0.25, 0.3) is 0 Å². The van der Waals surface area contributed by atoms with E-state index in [0.29, 0.717) is 12.8 Å². The van der Waals surface area contributed by atoms with Gasteiger partial charge in [-0.25, -0.2) is 0 Å². The summed E-state index contributed by atoms with van der Waals surface area (Å²) in [5.41, 5.74) is 0.897. The van der Waals surface area contributed by atoms with Crippen LogP contribution in [-0.2, 0) is 0 Å². The van der Waals surface area contributed by atoms with Gasteiger partial charge in [0, 0.05) is 0 Å². The van der Waals surface area contributed by atoms with Gasteiger partial charge in [0.2, 0.25) is 0 Å². The summed E-state index contributed by atoms with van der Waals surface area (Å²) in [6.45, 7) is 1.84. The molecule has 1 aliphatic rings. The molecule has 0 amide bonds. The van der Waals surface area contributed by atoms with Gasteiger partial charge in [0.15, 0.2) is 0 Å². The van der Waals surface area contributed by atoms with Gasteiger partial charge >= 0.3 is 0 Å². The molecule has 2 unspecified atom stereocenters. The first-order valence-electron chi connectivity index (χ1n) is 3.24. The first-order chi connectivity index (χ1) is 4.20. The normalized spacial score (nSPS) is 36.1. The molecule has 0 aliphatic heterocycles. The van der Waals surface area contributed by atoms with Gasteiger partial charge < -0.3 is 10.2 Å². The molecule has 52 valence electrons. The van der Waals surface area contributed by atoms with E-state index in [9.17, 15) is 0 Å². The molecule has 9 heavy (non-hydrogen) atoms. The van der Waals surface area contributed by atoms with Crippen LogP contribution in [0.3, 0.4) is 0 Å². The van der Waals surface area contributed by atoms with Gasteiger partial charge in [-0.15, -0.1) is 0 Å². The second kappa shape index (κ2) is 2.50. The van der Waals surface area contributed by atoms with E-state index in [-0.39, 0.29) is 12.2 Å². The Balaban J connectivity index is 2.61. The average Bonchev–Trinajstić information content (AvgIpc) is 1.80. The first kappa shape index (κ1) is 6.78. The fraction of sp³-hybridized carbons (Fsp3) is 0.714. The van der Waals surface area contributed by atoms with Gasteiger partial charge in [-0.05, 0) is 25.3 Å². The zero-order valence-corrected chi connectivity index (χ0v) is 5.54. The van der Waals surface area contributed by atoms with E-state index in [4.69, 9.17) is 10.2 Å². The SMILES string of the molecule is CC1=CC(O)CCC1O. The predicted octanol–water partition coefficient (Wildman–Crippen LogP) is 0.448. The lowest BCUT2D eigenvalue weighted by atomic mass is 9.96. The molecule has 0 bridgehead atoms. The summed E-state index contributed by atoms with van der Waals surface area (Å²) in [6, 6.07) is 0. The van der Waals surface area contributed by atoms with Crippen molar-refractivity contribution >= 4 is 0 Å². The zero-order valence-electron chi connectivity index (χ0n) is 5.54. The van der Waals surface area contributed by atoms with Crippen LogP contribution in [0.4, 0.5) is 0 Å². The highest BCUT2D eigenvalue weighted by Crippen LogP contribution is 2.17. The quantitative estimate of drug-likeness (QED) is 0.465. The molecule has 0 radical (unpaired) electrons. The molecule has 0 aromatic rings. The predicted molar refractivity (Wildman–Crippen MR) is 35.0 cm³/mol. The van der Waals surface area contributed by atoms with E-state index in [2.05, 4.69) is 0 Å². The average molecular weight is 128 g/mol. The van der Waals surface area contributed by atoms with Crippen molar-refractivity contribution in [1.82, 2.24) is 0 Å². The summed E-state index contributed by atoms with van der Waals surface area (Å²) in [5, 5.41) is 18.1. The lowest BCUT2D eigenvalue weighted by molar-refractivity contribution is 0.137. The van der Waals surface area contributed by atoms with E-state index in [0.717, 1.165) is 5.57 Å². The number of rotatable bonds is 0. The third-order valence-electron chi connectivity index (χ3n) is 1.72. The third-order valence-corrected chi connectivity index (χ3v) is 1.72. The van der Waals surface area contributed by atoms with Gasteiger partial charge in [0.1, 0.15) is 0 Å². The molecular weight excluding hydrogens is 116 g/mol. The minimum absolute atomic E-state index is 0.312. The van der Waals surface area contributed by atoms with E-state index in [1.54, 1.807) is 6.08 Å². The van der Waals surface area contributed by atoms with Crippen molar-refractivity contribution in [3.63, 3.8) is 0 Å². The minimum atomic E-state index is -0.326. The lowest BCUT2D eigenvalue weighted by Crippen LogP contribution is -2.19. The summed E-state index contributed by atoms with van der Waals surface area (Å²) in [5.74, 6) is 0. The van der Waals surface area contributed by atoms with Gasteiger partial charge in [-0.3, -0.25) is 0 Å². The summed E-state index contributed by atoms with van der Waals surface area (Å²) in [4.78, 5) is 0. The van der Waals surface area contributed by atoms with Gasteiger partial charge in [0.25, 0.3) is 0 Å². The highest BCUT2D eigenvalue weighted by atomic mass is 16.3. The summed E-state index contributed by atoms with van der Waals surface area (Å²) in [6.07, 6.45) is 2.47. The molecule has 2 heteroatoms. The largest absolute Gasteiger partial charge is 0.389 e. The van der Waals surface area contributed by atoms with E-state index in [1.165, 1.54) is 0 Å². The molecule has 1 rings (SSSR count). The van der Waals surface area contributed by atoms with Crippen LogP contribution < -0.4 is 0 Å². The maximum absolute atomic E-state index is 9.12. The van der Waals surface area contributed by atoms with Crippen LogP contribution in [-0.4, -0.2) is 22.4 Å². The molecule has 0 fully saturated rings. The fourth-order valence-electron chi connectivity index (χ4n) is 1.05. The van der Waals surface area contributed by atoms with Crippen molar-refractivity contribution in [3.05, 3.63) is 11.6 Å². The minimum Gasteiger partial charge on any atom is -0.389 e. The van der Waals surface area contributed by atoms with Crippen LogP contribution in [0.1, 0.15) is 19.8 Å². The van der Waals surface area contributed by atoms with Crippen LogP contribution in [0.15, 0.2) is 11.6 Å². The van der Waals surface area contributed by atoms with E-state index < -0.39 is 0 Å². The molecule has 2 N–H and O–H groups in total. The Morgan fingerprint density at radius 3 is 2.56 bits per heavy atom. The molecule has 1 aliphatic carbocycles. The van der Waals surface area contributed by atoms with Crippen LogP contribution in [0.5, 0.6) is 0 Å². The summed E-state index contributed by atoms with van der Waals surface area (Å²) in [7, 11) is 0. The maximum Gasteiger partial charge on any atom is 0.0749 e. The highest BCUT2D eigenvalue weighted by Gasteiger charge is 2.15. The molecule has 0 heterocycles. The molecule has 0 aromatic carbocycles. The second-order valence-corrected chi connectivity index (χ2v) is 2.57. The Kier molecular flexibility index (Phi) is 1.88. The van der Waals surface area contributed by atoms with Crippen molar-refractivity contribution < 1.29 is 10.2 Å². The van der Waals surface area contributed by atoms with Crippen molar-refractivity contribution in [3.8, 4) is 0 Å². The molecule has 2 nitrogen and oxygen atoms in total. The molecular formula is C7H12O2. The molecule has 2 atom stereocenters. The molecule has 0 spiro atoms. The Hall–Kier alpha value is -0.340. The Morgan fingerprint density at radius 1 is 1.44 bits per heavy atom. The molecule has 0 saturated carbocycles. The van der Waals surface area contributed by atoms with Crippen LogP contribution in [0, 0.1) is 0 Å². The van der Waals surface area contributed by atoms with Crippen LogP contribution >= 0.6 is 0 Å². The Labute approximate surface area is 54.8 Å². The third kappa shape index (κ3) is 1.53. The molecule has 0 aromatic heterocycles. The topological polar surface area (TPSA) is 40.5 Å². The lowest BCUT2D eigenvalue weighted by Gasteiger charge is -2.19. The van der Waals surface area contributed by atoms with Crippen LogP contribution in [0.2, 0.25) is 0 Å². The first-order valence-corrected chi connectivity index (χ1v) is 3.24. The monoisotopic (exact) mass is 128 g/mol. The number of aliphatic hydroxyl groups is 2. The second-order valence-electron chi connectivity index (χ2n) is 2.57. The van der Waals surface area contributed by atoms with Gasteiger partial charge in [0.05, 0.1) is 12.2 Å². The van der Waals surface area contributed by atoms with Crippen molar-refractivity contribution in [1.29, 1.82) is 0 Å².